The molecule has 3 heteroatoms. The van der Waals surface area contributed by atoms with E-state index < -0.39 is 0 Å². The van der Waals surface area contributed by atoms with E-state index in [1.54, 1.807) is 11.8 Å². The Morgan fingerprint density at radius 3 is 1.69 bits per heavy atom. The van der Waals surface area contributed by atoms with Crippen molar-refractivity contribution in [1.82, 2.24) is 0 Å². The van der Waals surface area contributed by atoms with Crippen molar-refractivity contribution in [2.75, 3.05) is 5.75 Å². The zero-order chi connectivity index (χ0) is 9.94. The largest absolute Gasteiger partial charge is 0.385 e. The fraction of sp³-hybridized carbons (Fsp3) is 0.300. The normalized spacial score (nSPS) is 8.38. The lowest BCUT2D eigenvalue weighted by molar-refractivity contribution is 1.11. The molecule has 72 valence electrons. The molecule has 0 aromatic heterocycles. The van der Waals surface area contributed by atoms with E-state index in [2.05, 4.69) is 19.1 Å². The van der Waals surface area contributed by atoms with Crippen molar-refractivity contribution in [2.45, 2.75) is 13.3 Å². The van der Waals surface area contributed by atoms with Gasteiger partial charge in [-0.05, 0) is 12.2 Å². The van der Waals surface area contributed by atoms with E-state index in [-0.39, 0.29) is 0 Å². The molecule has 1 nitrogen and oxygen atoms in total. The van der Waals surface area contributed by atoms with Crippen LogP contribution in [0.5, 0.6) is 0 Å². The summed E-state index contributed by atoms with van der Waals surface area (Å²) in [5, 5.41) is 0. The molecule has 0 atom stereocenters. The van der Waals surface area contributed by atoms with E-state index >= 15 is 0 Å². The van der Waals surface area contributed by atoms with Crippen LogP contribution in [-0.2, 0) is 0 Å². The van der Waals surface area contributed by atoms with Gasteiger partial charge in [-0.2, -0.15) is 0 Å². The van der Waals surface area contributed by atoms with E-state index in [9.17, 15) is 0 Å². The third kappa shape index (κ3) is 11.5. The Balaban J connectivity index is 0.000000223. The minimum atomic E-state index is 0.557. The molecule has 0 spiro atoms. The number of benzene rings is 1. The van der Waals surface area contributed by atoms with Gasteiger partial charge in [0.15, 0.2) is 0 Å². The van der Waals surface area contributed by atoms with Gasteiger partial charge in [0.2, 0.25) is 0 Å². The Kier molecular flexibility index (Phi) is 9.15. The minimum Gasteiger partial charge on any atom is -0.385 e. The van der Waals surface area contributed by atoms with Crippen LogP contribution in [0.1, 0.15) is 13.3 Å². The summed E-state index contributed by atoms with van der Waals surface area (Å²) in [6, 6.07) is 12.0. The average Bonchev–Trinajstić information content (AvgIpc) is 2.18. The van der Waals surface area contributed by atoms with Crippen LogP contribution in [-0.4, -0.2) is 10.1 Å². The Morgan fingerprint density at radius 2 is 1.54 bits per heavy atom. The highest BCUT2D eigenvalue weighted by Gasteiger charge is 1.84. The van der Waals surface area contributed by atoms with Gasteiger partial charge in [0, 0.05) is 0 Å². The molecule has 0 saturated heterocycles. The van der Waals surface area contributed by atoms with E-state index in [0.29, 0.717) is 4.32 Å². The number of hydrogen-bond donors (Lipinski definition) is 1. The Morgan fingerprint density at radius 1 is 1.15 bits per heavy atom. The number of nitrogens with two attached hydrogens (primary N) is 1. The molecular weight excluding hydrogens is 198 g/mol. The summed E-state index contributed by atoms with van der Waals surface area (Å²) >= 11 is 6.14. The highest BCUT2D eigenvalue weighted by atomic mass is 32.2. The summed E-state index contributed by atoms with van der Waals surface area (Å²) in [5.41, 5.74) is 5.17. The zero-order valence-corrected chi connectivity index (χ0v) is 9.41. The van der Waals surface area contributed by atoms with Crippen molar-refractivity contribution in [2.24, 2.45) is 5.73 Å². The maximum Gasteiger partial charge on any atom is 0.131 e. The molecule has 0 amide bonds. The molecule has 0 unspecified atom stereocenters. The maximum absolute atomic E-state index is 5.17. The van der Waals surface area contributed by atoms with Crippen LogP contribution in [0.2, 0.25) is 0 Å². The van der Waals surface area contributed by atoms with Gasteiger partial charge in [0.25, 0.3) is 0 Å². The average molecular weight is 213 g/mol. The van der Waals surface area contributed by atoms with Crippen LogP contribution in [0.4, 0.5) is 0 Å². The lowest BCUT2D eigenvalue weighted by atomic mass is 10.4. The van der Waals surface area contributed by atoms with E-state index in [1.807, 2.05) is 36.4 Å². The molecule has 1 aromatic carbocycles. The number of thiocarbonyl (C=S) groups is 1. The summed E-state index contributed by atoms with van der Waals surface area (Å²) in [4.78, 5) is 0. The van der Waals surface area contributed by atoms with Crippen LogP contribution < -0.4 is 5.73 Å². The second kappa shape index (κ2) is 9.55. The number of hydrogen-bond acceptors (Lipinski definition) is 2. The highest BCUT2D eigenvalue weighted by Crippen LogP contribution is 1.99. The molecule has 0 saturated carbocycles. The second-order valence-corrected chi connectivity index (χ2v) is 4.16. The number of thioether (sulfide) groups is 1. The van der Waals surface area contributed by atoms with E-state index in [4.69, 9.17) is 5.73 Å². The first-order chi connectivity index (χ1) is 6.27. The highest BCUT2D eigenvalue weighted by molar-refractivity contribution is 8.22. The molecule has 13 heavy (non-hydrogen) atoms. The van der Waals surface area contributed by atoms with Crippen LogP contribution >= 0.6 is 24.0 Å². The quantitative estimate of drug-likeness (QED) is 0.765. The number of rotatable bonds is 2. The van der Waals surface area contributed by atoms with Gasteiger partial charge in [0.05, 0.1) is 0 Å². The molecule has 1 rings (SSSR count). The van der Waals surface area contributed by atoms with E-state index in [0.717, 1.165) is 12.2 Å². The van der Waals surface area contributed by atoms with Gasteiger partial charge in [0.1, 0.15) is 4.32 Å². The predicted molar refractivity (Wildman–Crippen MR) is 66.0 cm³/mol. The topological polar surface area (TPSA) is 26.0 Å². The fourth-order valence-corrected chi connectivity index (χ4v) is 1.24. The first-order valence-electron chi connectivity index (χ1n) is 4.19. The van der Waals surface area contributed by atoms with Crippen molar-refractivity contribution < 1.29 is 0 Å². The van der Waals surface area contributed by atoms with Crippen molar-refractivity contribution >= 4 is 28.3 Å². The van der Waals surface area contributed by atoms with Gasteiger partial charge < -0.3 is 5.73 Å². The summed E-state index contributed by atoms with van der Waals surface area (Å²) in [6.45, 7) is 2.10. The molecule has 0 aliphatic rings. The van der Waals surface area contributed by atoms with Crippen molar-refractivity contribution in [3.63, 3.8) is 0 Å². The van der Waals surface area contributed by atoms with Gasteiger partial charge in [-0.3, -0.25) is 0 Å². The smallest absolute Gasteiger partial charge is 0.131 e. The summed E-state index contributed by atoms with van der Waals surface area (Å²) in [7, 11) is 0. The fourth-order valence-electron chi connectivity index (χ4n) is 0.588. The first kappa shape index (κ1) is 12.5. The molecule has 2 N–H and O–H groups in total. The lowest BCUT2D eigenvalue weighted by Crippen LogP contribution is -2.01. The monoisotopic (exact) mass is 213 g/mol. The molecule has 0 bridgehead atoms. The van der Waals surface area contributed by atoms with Crippen LogP contribution in [0.25, 0.3) is 0 Å². The molecule has 0 aliphatic carbocycles. The van der Waals surface area contributed by atoms with Crippen LogP contribution in [0, 0.1) is 0 Å². The van der Waals surface area contributed by atoms with Gasteiger partial charge in [-0.1, -0.05) is 67.3 Å². The Labute approximate surface area is 89.7 Å². The zero-order valence-electron chi connectivity index (χ0n) is 7.77. The molecule has 0 radical (unpaired) electrons. The SMILES string of the molecule is CCCSC(N)=S.c1ccccc1. The third-order valence-corrected chi connectivity index (χ3v) is 2.37. The van der Waals surface area contributed by atoms with Crippen LogP contribution in [0.15, 0.2) is 36.4 Å². The second-order valence-electron chi connectivity index (χ2n) is 2.32. The van der Waals surface area contributed by atoms with Crippen molar-refractivity contribution in [3.8, 4) is 0 Å². The summed E-state index contributed by atoms with van der Waals surface area (Å²) in [5.74, 6) is 1.05. The van der Waals surface area contributed by atoms with Gasteiger partial charge >= 0.3 is 0 Å². The lowest BCUT2D eigenvalue weighted by Gasteiger charge is -1.90. The predicted octanol–water partition coefficient (Wildman–Crippen LogP) is 3.06. The maximum atomic E-state index is 5.17. The Hall–Kier alpha value is -0.540. The van der Waals surface area contributed by atoms with Crippen molar-refractivity contribution in [3.05, 3.63) is 36.4 Å². The summed E-state index contributed by atoms with van der Waals surface area (Å²) in [6.07, 6.45) is 1.14. The summed E-state index contributed by atoms with van der Waals surface area (Å²) < 4.78 is 0.557. The molecular formula is C10H15NS2. The molecule has 0 aliphatic heterocycles. The molecule has 0 heterocycles. The molecule has 1 aromatic rings. The first-order valence-corrected chi connectivity index (χ1v) is 5.59. The van der Waals surface area contributed by atoms with Crippen LogP contribution in [0.3, 0.4) is 0 Å². The van der Waals surface area contributed by atoms with Gasteiger partial charge in [-0.15, -0.1) is 0 Å². The Bertz CT molecular complexity index is 185. The molecule has 0 fully saturated rings. The van der Waals surface area contributed by atoms with Gasteiger partial charge in [-0.25, -0.2) is 0 Å². The standard InChI is InChI=1S/C6H6.C4H9NS2/c1-2-4-6-5-3-1;1-2-3-7-4(5)6/h1-6H;2-3H2,1H3,(H2,5,6). The minimum absolute atomic E-state index is 0.557. The van der Waals surface area contributed by atoms with E-state index in [1.165, 1.54) is 0 Å². The third-order valence-electron chi connectivity index (χ3n) is 1.12. The van der Waals surface area contributed by atoms with Crippen molar-refractivity contribution in [1.29, 1.82) is 0 Å².